The van der Waals surface area contributed by atoms with E-state index in [9.17, 15) is 22.4 Å². The van der Waals surface area contributed by atoms with Gasteiger partial charge in [-0.2, -0.15) is 0 Å². The van der Waals surface area contributed by atoms with E-state index in [4.69, 9.17) is 0 Å². The second-order valence-corrected chi connectivity index (χ2v) is 9.92. The van der Waals surface area contributed by atoms with Crippen LogP contribution in [0, 0.1) is 12.7 Å². The molecular weight excluding hydrogens is 445 g/mol. The fraction of sp³-hybridized carbons (Fsp3) is 0.417. The number of sulfonamides is 1. The Kier molecular flexibility index (Phi) is 9.40. The largest absolute Gasteiger partial charge is 0.354 e. The number of aryl methyl sites for hydroxylation is 1. The average Bonchev–Trinajstić information content (AvgIpc) is 2.76. The summed E-state index contributed by atoms with van der Waals surface area (Å²) in [5.41, 5.74) is 1.97. The lowest BCUT2D eigenvalue weighted by Crippen LogP contribution is -2.51. The monoisotopic (exact) mass is 477 g/mol. The van der Waals surface area contributed by atoms with Crippen LogP contribution in [0.3, 0.4) is 0 Å². The topological polar surface area (TPSA) is 86.8 Å². The van der Waals surface area contributed by atoms with Crippen LogP contribution in [0.1, 0.15) is 37.8 Å². The van der Waals surface area contributed by atoms with Crippen LogP contribution in [0.5, 0.6) is 0 Å². The molecule has 2 aromatic rings. The summed E-state index contributed by atoms with van der Waals surface area (Å²) < 4.78 is 39.2. The highest BCUT2D eigenvalue weighted by Gasteiger charge is 2.30. The van der Waals surface area contributed by atoms with Crippen molar-refractivity contribution in [3.05, 3.63) is 65.5 Å². The second-order valence-electron chi connectivity index (χ2n) is 8.01. The van der Waals surface area contributed by atoms with Crippen molar-refractivity contribution in [3.63, 3.8) is 0 Å². The van der Waals surface area contributed by atoms with Gasteiger partial charge in [0.05, 0.1) is 11.9 Å². The summed E-state index contributed by atoms with van der Waals surface area (Å²) in [6, 6.07) is 11.6. The summed E-state index contributed by atoms with van der Waals surface area (Å²) in [6.07, 6.45) is 2.72. The summed E-state index contributed by atoms with van der Waals surface area (Å²) in [5, 5.41) is 2.83. The number of rotatable bonds is 11. The number of unbranched alkanes of at least 4 members (excludes halogenated alkanes) is 1. The van der Waals surface area contributed by atoms with Crippen LogP contribution in [-0.4, -0.2) is 50.5 Å². The van der Waals surface area contributed by atoms with E-state index in [1.807, 2.05) is 38.1 Å². The number of nitrogens with one attached hydrogen (secondary N) is 1. The van der Waals surface area contributed by atoms with Crippen LogP contribution in [-0.2, 0) is 26.2 Å². The Hall–Kier alpha value is -2.94. The van der Waals surface area contributed by atoms with E-state index in [1.165, 1.54) is 17.0 Å². The third-order valence-electron chi connectivity index (χ3n) is 5.39. The first-order valence-electron chi connectivity index (χ1n) is 10.9. The molecule has 1 unspecified atom stereocenters. The molecule has 0 fully saturated rings. The van der Waals surface area contributed by atoms with Gasteiger partial charge in [0.25, 0.3) is 0 Å². The van der Waals surface area contributed by atoms with Gasteiger partial charge >= 0.3 is 0 Å². The third-order valence-corrected chi connectivity index (χ3v) is 6.53. The highest BCUT2D eigenvalue weighted by atomic mass is 32.2. The van der Waals surface area contributed by atoms with Crippen molar-refractivity contribution in [2.24, 2.45) is 0 Å². The van der Waals surface area contributed by atoms with E-state index in [0.717, 1.165) is 46.7 Å². The molecular formula is C24H32FN3O4S. The molecule has 0 spiro atoms. The minimum absolute atomic E-state index is 0.148. The Morgan fingerprint density at radius 1 is 1.09 bits per heavy atom. The molecule has 0 aliphatic rings. The highest BCUT2D eigenvalue weighted by molar-refractivity contribution is 7.92. The summed E-state index contributed by atoms with van der Waals surface area (Å²) in [4.78, 5) is 27.5. The molecule has 180 valence electrons. The Balaban J connectivity index is 2.35. The molecule has 0 bridgehead atoms. The zero-order valence-electron chi connectivity index (χ0n) is 19.5. The van der Waals surface area contributed by atoms with Gasteiger partial charge in [-0.15, -0.1) is 0 Å². The van der Waals surface area contributed by atoms with Gasteiger partial charge in [0.2, 0.25) is 21.8 Å². The van der Waals surface area contributed by atoms with Gasteiger partial charge in [-0.3, -0.25) is 13.9 Å². The molecule has 0 aliphatic carbocycles. The number of carbonyl (C=O) groups excluding carboxylic acids is 2. The minimum Gasteiger partial charge on any atom is -0.354 e. The smallest absolute Gasteiger partial charge is 0.244 e. The Bertz CT molecular complexity index is 1060. The first-order valence-corrected chi connectivity index (χ1v) is 12.7. The average molecular weight is 478 g/mol. The molecule has 0 saturated carbocycles. The first kappa shape index (κ1) is 26.3. The summed E-state index contributed by atoms with van der Waals surface area (Å²) in [7, 11) is -3.84. The number of carbonyl (C=O) groups is 2. The fourth-order valence-electron chi connectivity index (χ4n) is 3.31. The SMILES string of the molecule is CCCCNC(=O)C(C)N(Cc1ccccc1C)C(=O)CN(c1ccc(F)cc1)S(C)(=O)=O. The lowest BCUT2D eigenvalue weighted by atomic mass is 10.1. The standard InChI is InChI=1S/C24H32FN3O4S/c1-5-6-15-26-24(30)19(3)27(16-20-10-8-7-9-18(20)2)23(29)17-28(33(4,31)32)22-13-11-21(25)12-14-22/h7-14,19H,5-6,15-17H2,1-4H3,(H,26,30). The van der Waals surface area contributed by atoms with Crippen LogP contribution in [0.4, 0.5) is 10.1 Å². The molecule has 2 rings (SSSR count). The van der Waals surface area contributed by atoms with Gasteiger partial charge in [-0.1, -0.05) is 37.6 Å². The molecule has 0 saturated heterocycles. The van der Waals surface area contributed by atoms with Crippen molar-refractivity contribution < 1.29 is 22.4 Å². The van der Waals surface area contributed by atoms with E-state index in [0.29, 0.717) is 6.54 Å². The molecule has 0 aromatic heterocycles. The van der Waals surface area contributed by atoms with Gasteiger partial charge in [0.15, 0.2) is 0 Å². The summed E-state index contributed by atoms with van der Waals surface area (Å²) in [5.74, 6) is -1.36. The highest BCUT2D eigenvalue weighted by Crippen LogP contribution is 2.20. The molecule has 1 N–H and O–H groups in total. The number of nitrogens with zero attached hydrogens (tertiary/aromatic N) is 2. The molecule has 2 amide bonds. The number of hydrogen-bond donors (Lipinski definition) is 1. The van der Waals surface area contributed by atoms with Gasteiger partial charge in [-0.25, -0.2) is 12.8 Å². The predicted octanol–water partition coefficient (Wildman–Crippen LogP) is 3.23. The summed E-state index contributed by atoms with van der Waals surface area (Å²) in [6.45, 7) is 5.68. The maximum Gasteiger partial charge on any atom is 0.244 e. The van der Waals surface area contributed by atoms with Crippen molar-refractivity contribution in [3.8, 4) is 0 Å². The van der Waals surface area contributed by atoms with Crippen molar-refractivity contribution >= 4 is 27.5 Å². The first-order chi connectivity index (χ1) is 15.5. The lowest BCUT2D eigenvalue weighted by molar-refractivity contribution is -0.139. The van der Waals surface area contributed by atoms with Gasteiger partial charge in [0, 0.05) is 13.1 Å². The predicted molar refractivity (Wildman–Crippen MR) is 128 cm³/mol. The van der Waals surface area contributed by atoms with Crippen molar-refractivity contribution in [2.45, 2.75) is 46.2 Å². The number of benzene rings is 2. The van der Waals surface area contributed by atoms with Crippen LogP contribution in [0.15, 0.2) is 48.5 Å². The number of hydrogen-bond acceptors (Lipinski definition) is 4. The van der Waals surface area contributed by atoms with Crippen molar-refractivity contribution in [1.29, 1.82) is 0 Å². The fourth-order valence-corrected chi connectivity index (χ4v) is 4.16. The second kappa shape index (κ2) is 11.8. The minimum atomic E-state index is -3.84. The van der Waals surface area contributed by atoms with Gasteiger partial charge in [-0.05, 0) is 55.7 Å². The summed E-state index contributed by atoms with van der Waals surface area (Å²) >= 11 is 0. The zero-order chi connectivity index (χ0) is 24.6. The number of anilines is 1. The number of halogens is 1. The van der Waals surface area contributed by atoms with E-state index in [-0.39, 0.29) is 18.1 Å². The Morgan fingerprint density at radius 2 is 1.73 bits per heavy atom. The Morgan fingerprint density at radius 3 is 2.30 bits per heavy atom. The van der Waals surface area contributed by atoms with E-state index >= 15 is 0 Å². The molecule has 33 heavy (non-hydrogen) atoms. The van der Waals surface area contributed by atoms with Crippen LogP contribution in [0.2, 0.25) is 0 Å². The normalized spacial score (nSPS) is 12.2. The van der Waals surface area contributed by atoms with E-state index in [1.54, 1.807) is 6.92 Å². The van der Waals surface area contributed by atoms with Crippen LogP contribution >= 0.6 is 0 Å². The molecule has 9 heteroatoms. The molecule has 2 aromatic carbocycles. The Labute approximate surface area is 195 Å². The van der Waals surface area contributed by atoms with Gasteiger partial charge in [0.1, 0.15) is 18.4 Å². The van der Waals surface area contributed by atoms with E-state index in [2.05, 4.69) is 5.32 Å². The molecule has 7 nitrogen and oxygen atoms in total. The van der Waals surface area contributed by atoms with Gasteiger partial charge < -0.3 is 10.2 Å². The van der Waals surface area contributed by atoms with Crippen LogP contribution in [0.25, 0.3) is 0 Å². The van der Waals surface area contributed by atoms with Crippen LogP contribution < -0.4 is 9.62 Å². The van der Waals surface area contributed by atoms with Crippen molar-refractivity contribution in [2.75, 3.05) is 23.7 Å². The quantitative estimate of drug-likeness (QED) is 0.504. The molecule has 1 atom stereocenters. The molecule has 0 aliphatic heterocycles. The van der Waals surface area contributed by atoms with E-state index < -0.39 is 34.3 Å². The maximum absolute atomic E-state index is 13.4. The maximum atomic E-state index is 13.4. The lowest BCUT2D eigenvalue weighted by Gasteiger charge is -2.31. The number of amides is 2. The zero-order valence-corrected chi connectivity index (χ0v) is 20.4. The third kappa shape index (κ3) is 7.56. The molecule has 0 heterocycles. The van der Waals surface area contributed by atoms with Crippen molar-refractivity contribution in [1.82, 2.24) is 10.2 Å². The molecule has 0 radical (unpaired) electrons.